The summed E-state index contributed by atoms with van der Waals surface area (Å²) in [6.07, 6.45) is 5.22. The number of benzene rings is 2. The molecule has 0 saturated heterocycles. The smallest absolute Gasteiger partial charge is 0.273 e. The molecule has 0 atom stereocenters. The summed E-state index contributed by atoms with van der Waals surface area (Å²) in [4.78, 5) is 17.7. The van der Waals surface area contributed by atoms with Gasteiger partial charge in [0, 0.05) is 12.1 Å². The molecule has 1 aliphatic rings. The van der Waals surface area contributed by atoms with Gasteiger partial charge in [-0.25, -0.2) is 0 Å². The number of amides is 1. The summed E-state index contributed by atoms with van der Waals surface area (Å²) in [6, 6.07) is 11.9. The Hall–Kier alpha value is -3.02. The molecule has 0 fully saturated rings. The van der Waals surface area contributed by atoms with Gasteiger partial charge in [0.1, 0.15) is 7.11 Å². The summed E-state index contributed by atoms with van der Waals surface area (Å²) in [5, 5.41) is 6.93. The average molecular weight is 396 g/mol. The van der Waals surface area contributed by atoms with Gasteiger partial charge in [0.15, 0.2) is 17.2 Å². The Labute approximate surface area is 171 Å². The molecule has 1 amide bonds. The molecule has 2 aromatic rings. The van der Waals surface area contributed by atoms with Gasteiger partial charge in [-0.1, -0.05) is 23.4 Å². The van der Waals surface area contributed by atoms with Gasteiger partial charge in [-0.2, -0.15) is 0 Å². The molecule has 0 radical (unpaired) electrons. The van der Waals surface area contributed by atoms with Crippen LogP contribution in [0.4, 0.5) is 0 Å². The molecule has 0 aromatic heterocycles. The van der Waals surface area contributed by atoms with Crippen LogP contribution < -0.4 is 14.8 Å². The second-order valence-corrected chi connectivity index (χ2v) is 7.01. The van der Waals surface area contributed by atoms with Crippen molar-refractivity contribution >= 4 is 11.6 Å². The van der Waals surface area contributed by atoms with E-state index < -0.39 is 0 Å². The van der Waals surface area contributed by atoms with Crippen LogP contribution in [0.15, 0.2) is 41.6 Å². The Morgan fingerprint density at radius 1 is 0.966 bits per heavy atom. The van der Waals surface area contributed by atoms with E-state index in [1.165, 1.54) is 31.1 Å². The van der Waals surface area contributed by atoms with E-state index in [2.05, 4.69) is 22.6 Å². The van der Waals surface area contributed by atoms with Gasteiger partial charge in [-0.15, -0.1) is 0 Å². The van der Waals surface area contributed by atoms with Crippen LogP contribution in [0.2, 0.25) is 0 Å². The molecule has 0 heterocycles. The number of hydrogen-bond acceptors (Lipinski definition) is 5. The standard InChI is InChI=1S/C23H28N2O4/c1-27-20-11-8-16(14-21(20)28-2)12-13-24-23(26)22(25-29-3)19-10-9-17-6-4-5-7-18(17)15-19/h8-11,14-15H,4-7,12-13H2,1-3H3,(H,24,26). The van der Waals surface area contributed by atoms with Crippen molar-refractivity contribution in [3.8, 4) is 11.5 Å². The Morgan fingerprint density at radius 3 is 2.45 bits per heavy atom. The first-order chi connectivity index (χ1) is 14.2. The Kier molecular flexibility index (Phi) is 7.11. The number of rotatable bonds is 8. The molecule has 0 saturated carbocycles. The van der Waals surface area contributed by atoms with Crippen LogP contribution in [-0.4, -0.2) is 39.5 Å². The summed E-state index contributed by atoms with van der Waals surface area (Å²) in [6.45, 7) is 0.474. The molecular formula is C23H28N2O4. The molecule has 1 aliphatic carbocycles. The predicted molar refractivity (Wildman–Crippen MR) is 113 cm³/mol. The van der Waals surface area contributed by atoms with E-state index in [0.717, 1.165) is 24.0 Å². The fourth-order valence-electron chi connectivity index (χ4n) is 3.64. The van der Waals surface area contributed by atoms with Crippen molar-refractivity contribution in [2.75, 3.05) is 27.9 Å². The van der Waals surface area contributed by atoms with E-state index in [9.17, 15) is 4.79 Å². The number of nitrogens with zero attached hydrogens (tertiary/aromatic N) is 1. The normalized spacial score (nSPS) is 13.4. The van der Waals surface area contributed by atoms with Crippen LogP contribution in [0.3, 0.4) is 0 Å². The Bertz CT molecular complexity index is 892. The van der Waals surface area contributed by atoms with Crippen LogP contribution in [0.1, 0.15) is 35.1 Å². The highest BCUT2D eigenvalue weighted by molar-refractivity contribution is 6.45. The second-order valence-electron chi connectivity index (χ2n) is 7.01. The number of aryl methyl sites for hydroxylation is 2. The quantitative estimate of drug-likeness (QED) is 0.549. The van der Waals surface area contributed by atoms with Gasteiger partial charge >= 0.3 is 0 Å². The summed E-state index contributed by atoms with van der Waals surface area (Å²) in [7, 11) is 4.67. The highest BCUT2D eigenvalue weighted by atomic mass is 16.6. The van der Waals surface area contributed by atoms with Crippen LogP contribution in [0, 0.1) is 0 Å². The lowest BCUT2D eigenvalue weighted by atomic mass is 9.89. The van der Waals surface area contributed by atoms with E-state index in [-0.39, 0.29) is 5.91 Å². The minimum absolute atomic E-state index is 0.247. The number of hydrogen-bond donors (Lipinski definition) is 1. The molecule has 3 rings (SSSR count). The van der Waals surface area contributed by atoms with E-state index in [1.54, 1.807) is 14.2 Å². The van der Waals surface area contributed by atoms with E-state index >= 15 is 0 Å². The zero-order chi connectivity index (χ0) is 20.6. The highest BCUT2D eigenvalue weighted by Crippen LogP contribution is 2.27. The van der Waals surface area contributed by atoms with Crippen LogP contribution in [-0.2, 0) is 28.9 Å². The Balaban J connectivity index is 1.65. The van der Waals surface area contributed by atoms with Crippen LogP contribution in [0.5, 0.6) is 11.5 Å². The highest BCUT2D eigenvalue weighted by Gasteiger charge is 2.18. The van der Waals surface area contributed by atoms with Crippen molar-refractivity contribution in [3.05, 3.63) is 58.7 Å². The number of oxime groups is 1. The SMILES string of the molecule is CON=C(C(=O)NCCc1ccc(OC)c(OC)c1)c1ccc2c(c1)CCCC2. The van der Waals surface area contributed by atoms with Crippen molar-refractivity contribution in [2.45, 2.75) is 32.1 Å². The number of ether oxygens (including phenoxy) is 2. The summed E-state index contributed by atoms with van der Waals surface area (Å²) in [5.41, 5.74) is 4.80. The molecule has 0 bridgehead atoms. The molecule has 6 nitrogen and oxygen atoms in total. The zero-order valence-corrected chi connectivity index (χ0v) is 17.3. The molecule has 0 spiro atoms. The molecule has 1 N–H and O–H groups in total. The number of carbonyl (C=O) groups excluding carboxylic acids is 1. The number of fused-ring (bicyclic) bond motifs is 1. The molecule has 154 valence electrons. The van der Waals surface area contributed by atoms with Crippen molar-refractivity contribution in [1.82, 2.24) is 5.32 Å². The molecule has 0 unspecified atom stereocenters. The topological polar surface area (TPSA) is 69.2 Å². The van der Waals surface area contributed by atoms with Crippen molar-refractivity contribution in [1.29, 1.82) is 0 Å². The van der Waals surface area contributed by atoms with Crippen molar-refractivity contribution in [2.24, 2.45) is 5.16 Å². The number of carbonyl (C=O) groups is 1. The van der Waals surface area contributed by atoms with Crippen LogP contribution >= 0.6 is 0 Å². The summed E-state index contributed by atoms with van der Waals surface area (Å²) in [5.74, 6) is 1.11. The lowest BCUT2D eigenvalue weighted by molar-refractivity contribution is -0.114. The van der Waals surface area contributed by atoms with Gasteiger partial charge in [0.25, 0.3) is 5.91 Å². The maximum atomic E-state index is 12.7. The number of methoxy groups -OCH3 is 2. The minimum atomic E-state index is -0.247. The third kappa shape index (κ3) is 5.08. The fraction of sp³-hybridized carbons (Fsp3) is 0.391. The maximum Gasteiger partial charge on any atom is 0.273 e. The average Bonchev–Trinajstić information content (AvgIpc) is 2.76. The molecule has 29 heavy (non-hydrogen) atoms. The van der Waals surface area contributed by atoms with Gasteiger partial charge in [0.2, 0.25) is 0 Å². The third-order valence-electron chi connectivity index (χ3n) is 5.17. The van der Waals surface area contributed by atoms with Crippen molar-refractivity contribution < 1.29 is 19.1 Å². The van der Waals surface area contributed by atoms with Crippen molar-refractivity contribution in [3.63, 3.8) is 0 Å². The summed E-state index contributed by atoms with van der Waals surface area (Å²) < 4.78 is 10.6. The van der Waals surface area contributed by atoms with Gasteiger partial charge < -0.3 is 19.6 Å². The molecular weight excluding hydrogens is 368 g/mol. The van der Waals surface area contributed by atoms with Crippen LogP contribution in [0.25, 0.3) is 0 Å². The molecule has 0 aliphatic heterocycles. The van der Waals surface area contributed by atoms with Gasteiger partial charge in [-0.3, -0.25) is 4.79 Å². The third-order valence-corrected chi connectivity index (χ3v) is 5.17. The summed E-state index contributed by atoms with van der Waals surface area (Å²) >= 11 is 0. The predicted octanol–water partition coefficient (Wildman–Crippen LogP) is 3.29. The first-order valence-corrected chi connectivity index (χ1v) is 9.88. The minimum Gasteiger partial charge on any atom is -0.493 e. The lowest BCUT2D eigenvalue weighted by Gasteiger charge is -2.17. The largest absolute Gasteiger partial charge is 0.493 e. The first-order valence-electron chi connectivity index (χ1n) is 9.88. The van der Waals surface area contributed by atoms with E-state index in [0.29, 0.717) is 30.2 Å². The van der Waals surface area contributed by atoms with Gasteiger partial charge in [0.05, 0.1) is 14.2 Å². The lowest BCUT2D eigenvalue weighted by Crippen LogP contribution is -2.33. The molecule has 6 heteroatoms. The van der Waals surface area contributed by atoms with Gasteiger partial charge in [-0.05, 0) is 67.0 Å². The molecule has 2 aromatic carbocycles. The second kappa shape index (κ2) is 9.96. The first kappa shape index (κ1) is 20.7. The zero-order valence-electron chi connectivity index (χ0n) is 17.3. The van der Waals surface area contributed by atoms with E-state index in [4.69, 9.17) is 14.3 Å². The Morgan fingerprint density at radius 2 is 1.72 bits per heavy atom. The fourth-order valence-corrected chi connectivity index (χ4v) is 3.64. The number of nitrogens with one attached hydrogen (secondary N) is 1. The monoisotopic (exact) mass is 396 g/mol. The van der Waals surface area contributed by atoms with E-state index in [1.807, 2.05) is 24.3 Å². The maximum absolute atomic E-state index is 12.7.